The van der Waals surface area contributed by atoms with Crippen LogP contribution in [0.3, 0.4) is 0 Å². The molecule has 4 aliphatic carbocycles. The van der Waals surface area contributed by atoms with Gasteiger partial charge in [-0.1, -0.05) is 6.92 Å². The van der Waals surface area contributed by atoms with Gasteiger partial charge in [0.15, 0.2) is 0 Å². The zero-order valence-electron chi connectivity index (χ0n) is 22.9. The van der Waals surface area contributed by atoms with E-state index in [0.29, 0.717) is 42.6 Å². The maximum absolute atomic E-state index is 13.4. The Balaban J connectivity index is 1.16. The largest absolute Gasteiger partial charge is 0.387 e. The van der Waals surface area contributed by atoms with Crippen LogP contribution in [0.5, 0.6) is 0 Å². The van der Waals surface area contributed by atoms with E-state index in [9.17, 15) is 15.2 Å². The van der Waals surface area contributed by atoms with E-state index in [1.165, 1.54) is 38.5 Å². The van der Waals surface area contributed by atoms with Gasteiger partial charge in [0.05, 0.1) is 23.8 Å². The molecule has 0 spiro atoms. The second kappa shape index (κ2) is 9.38. The van der Waals surface area contributed by atoms with E-state index in [-0.39, 0.29) is 11.9 Å². The van der Waals surface area contributed by atoms with Crippen LogP contribution in [0.4, 0.5) is 0 Å². The molecule has 5 heteroatoms. The number of aliphatic hydroxyl groups is 1. The molecule has 4 saturated carbocycles. The van der Waals surface area contributed by atoms with Crippen LogP contribution in [-0.4, -0.2) is 40.8 Å². The fraction of sp³-hybridized carbons (Fsp3) is 0.750. The summed E-state index contributed by atoms with van der Waals surface area (Å²) in [4.78, 5) is 15.5. The highest BCUT2D eigenvalue weighted by Gasteiger charge is 2.59. The molecule has 0 saturated heterocycles. The standard InChI is InChI=1S/C32H44N2O3/c1-4-37-19-32(36)14-12-24-22(16-32)6-8-27-26(24)11-13-31(3)28(9-10-29(27)31)20(2)34-18-23-15-21(17-33)5-7-25(23)30(34)35/h5,7,15,20,22,24,26-29,36H,4,6,8-14,16,18-19H2,1-3H3/t20-,22-,24+,26-,27-,28-,29+,31-,32-/m1/s1. The van der Waals surface area contributed by atoms with Crippen molar-refractivity contribution in [1.29, 1.82) is 5.26 Å². The number of rotatable bonds is 5. The Labute approximate surface area is 222 Å². The monoisotopic (exact) mass is 504 g/mol. The average Bonchev–Trinajstić information content (AvgIpc) is 3.43. The van der Waals surface area contributed by atoms with E-state index in [2.05, 4.69) is 24.8 Å². The first-order valence-electron chi connectivity index (χ1n) is 14.9. The highest BCUT2D eigenvalue weighted by molar-refractivity contribution is 5.98. The lowest BCUT2D eigenvalue weighted by Gasteiger charge is -2.57. The minimum Gasteiger partial charge on any atom is -0.387 e. The fourth-order valence-electron chi connectivity index (χ4n) is 10.2. The van der Waals surface area contributed by atoms with Gasteiger partial charge in [-0.25, -0.2) is 0 Å². The maximum atomic E-state index is 13.4. The molecule has 5 nitrogen and oxygen atoms in total. The molecule has 5 aliphatic rings. The van der Waals surface area contributed by atoms with Gasteiger partial charge in [0.2, 0.25) is 0 Å². The van der Waals surface area contributed by atoms with Crippen molar-refractivity contribution < 1.29 is 14.6 Å². The molecule has 1 aromatic carbocycles. The number of hydrogen-bond acceptors (Lipinski definition) is 4. The van der Waals surface area contributed by atoms with Crippen molar-refractivity contribution in [3.05, 3.63) is 34.9 Å². The van der Waals surface area contributed by atoms with E-state index in [1.807, 2.05) is 19.1 Å². The number of nitriles is 1. The Morgan fingerprint density at radius 2 is 1.95 bits per heavy atom. The van der Waals surface area contributed by atoms with Crippen LogP contribution in [0.2, 0.25) is 0 Å². The van der Waals surface area contributed by atoms with Crippen LogP contribution in [0, 0.1) is 52.3 Å². The third kappa shape index (κ3) is 4.05. The summed E-state index contributed by atoms with van der Waals surface area (Å²) in [5.74, 6) is 4.48. The average molecular weight is 505 g/mol. The number of carbonyl (C=O) groups excluding carboxylic acids is 1. The SMILES string of the molecule is CCOC[C@@]1(O)CC[C@H]2[C@H](CC[C@@H]3[C@@H]2CC[C@]2(C)[C@@H]([C@@H](C)N4Cc5cc(C#N)ccc5C4=O)CC[C@@H]32)C1. The van der Waals surface area contributed by atoms with Crippen molar-refractivity contribution in [1.82, 2.24) is 4.90 Å². The number of hydrogen-bond donors (Lipinski definition) is 1. The molecule has 1 heterocycles. The summed E-state index contributed by atoms with van der Waals surface area (Å²) in [6.45, 7) is 8.67. The van der Waals surface area contributed by atoms with Crippen molar-refractivity contribution in [2.45, 2.75) is 96.7 Å². The zero-order valence-corrected chi connectivity index (χ0v) is 22.9. The van der Waals surface area contributed by atoms with E-state index in [0.717, 1.165) is 54.1 Å². The van der Waals surface area contributed by atoms with Crippen LogP contribution in [-0.2, 0) is 11.3 Å². The molecule has 4 fully saturated rings. The highest BCUT2D eigenvalue weighted by Crippen LogP contribution is 2.65. The number of fused-ring (bicyclic) bond motifs is 6. The van der Waals surface area contributed by atoms with Gasteiger partial charge < -0.3 is 14.7 Å². The van der Waals surface area contributed by atoms with E-state index in [4.69, 9.17) is 4.74 Å². The minimum atomic E-state index is -0.616. The molecule has 200 valence electrons. The lowest BCUT2D eigenvalue weighted by Crippen LogP contribution is -2.53. The van der Waals surface area contributed by atoms with Crippen LogP contribution < -0.4 is 0 Å². The summed E-state index contributed by atoms with van der Waals surface area (Å²) < 4.78 is 5.66. The van der Waals surface area contributed by atoms with Crippen LogP contribution in [0.1, 0.15) is 100 Å². The van der Waals surface area contributed by atoms with E-state index < -0.39 is 5.60 Å². The van der Waals surface area contributed by atoms with Crippen LogP contribution in [0.25, 0.3) is 0 Å². The smallest absolute Gasteiger partial charge is 0.254 e. The summed E-state index contributed by atoms with van der Waals surface area (Å²) in [7, 11) is 0. The third-order valence-electron chi connectivity index (χ3n) is 11.9. The Bertz CT molecular complexity index is 1100. The summed E-state index contributed by atoms with van der Waals surface area (Å²) in [5, 5.41) is 20.5. The van der Waals surface area contributed by atoms with Gasteiger partial charge in [-0.2, -0.15) is 5.26 Å². The molecule has 1 aromatic rings. The Morgan fingerprint density at radius 3 is 2.73 bits per heavy atom. The number of ether oxygens (including phenoxy) is 1. The van der Waals surface area contributed by atoms with Gasteiger partial charge in [-0.15, -0.1) is 0 Å². The fourth-order valence-corrected chi connectivity index (χ4v) is 10.2. The normalized spacial score (nSPS) is 41.4. The van der Waals surface area contributed by atoms with Crippen LogP contribution in [0.15, 0.2) is 18.2 Å². The minimum absolute atomic E-state index is 0.148. The number of carbonyl (C=O) groups is 1. The number of nitrogens with zero attached hydrogens (tertiary/aromatic N) is 2. The number of benzene rings is 1. The van der Waals surface area contributed by atoms with Gasteiger partial charge in [-0.05, 0) is 136 Å². The predicted octanol–water partition coefficient (Wildman–Crippen LogP) is 5.94. The van der Waals surface area contributed by atoms with Crippen molar-refractivity contribution in [2.75, 3.05) is 13.2 Å². The second-order valence-electron chi connectivity index (χ2n) is 13.4. The molecule has 0 radical (unpaired) electrons. The van der Waals surface area contributed by atoms with Gasteiger partial charge in [-0.3, -0.25) is 4.79 Å². The van der Waals surface area contributed by atoms with Crippen molar-refractivity contribution in [3.8, 4) is 6.07 Å². The summed E-state index contributed by atoms with van der Waals surface area (Å²) in [6, 6.07) is 7.98. The van der Waals surface area contributed by atoms with E-state index >= 15 is 0 Å². The molecule has 1 amide bonds. The van der Waals surface area contributed by atoms with Crippen molar-refractivity contribution >= 4 is 5.91 Å². The molecule has 0 unspecified atom stereocenters. The van der Waals surface area contributed by atoms with E-state index in [1.54, 1.807) is 6.07 Å². The summed E-state index contributed by atoms with van der Waals surface area (Å²) >= 11 is 0. The lowest BCUT2D eigenvalue weighted by atomic mass is 9.48. The molecule has 0 aromatic heterocycles. The Kier molecular flexibility index (Phi) is 6.44. The predicted molar refractivity (Wildman–Crippen MR) is 143 cm³/mol. The molecule has 6 rings (SSSR count). The molecule has 0 bridgehead atoms. The van der Waals surface area contributed by atoms with Gasteiger partial charge >= 0.3 is 0 Å². The topological polar surface area (TPSA) is 73.6 Å². The molecule has 1 N–H and O–H groups in total. The molecular formula is C32H44N2O3. The molecule has 1 aliphatic heterocycles. The summed E-state index contributed by atoms with van der Waals surface area (Å²) in [5.41, 5.74) is 2.12. The van der Waals surface area contributed by atoms with Gasteiger partial charge in [0, 0.05) is 24.8 Å². The molecule has 37 heavy (non-hydrogen) atoms. The Hall–Kier alpha value is -1.90. The van der Waals surface area contributed by atoms with Crippen LogP contribution >= 0.6 is 0 Å². The maximum Gasteiger partial charge on any atom is 0.254 e. The molecule has 9 atom stereocenters. The quantitative estimate of drug-likeness (QED) is 0.539. The molecular weight excluding hydrogens is 460 g/mol. The zero-order chi connectivity index (χ0) is 25.9. The Morgan fingerprint density at radius 1 is 1.14 bits per heavy atom. The number of amides is 1. The first kappa shape index (κ1) is 25.4. The second-order valence-corrected chi connectivity index (χ2v) is 13.4. The first-order chi connectivity index (χ1) is 17.8. The highest BCUT2D eigenvalue weighted by atomic mass is 16.5. The van der Waals surface area contributed by atoms with Crippen molar-refractivity contribution in [2.24, 2.45) is 40.9 Å². The summed E-state index contributed by atoms with van der Waals surface area (Å²) in [6.07, 6.45) is 10.6. The van der Waals surface area contributed by atoms with Crippen molar-refractivity contribution in [3.63, 3.8) is 0 Å². The first-order valence-corrected chi connectivity index (χ1v) is 14.9. The van der Waals surface area contributed by atoms with Gasteiger partial charge in [0.25, 0.3) is 5.91 Å². The van der Waals surface area contributed by atoms with Gasteiger partial charge in [0.1, 0.15) is 0 Å². The third-order valence-corrected chi connectivity index (χ3v) is 11.9. The lowest BCUT2D eigenvalue weighted by molar-refractivity contribution is -0.129.